The highest BCUT2D eigenvalue weighted by molar-refractivity contribution is 7.21. The summed E-state index contributed by atoms with van der Waals surface area (Å²) in [5.74, 6) is 1.88. The van der Waals surface area contributed by atoms with Gasteiger partial charge < -0.3 is 19.9 Å². The van der Waals surface area contributed by atoms with Gasteiger partial charge >= 0.3 is 0 Å². The standard InChI is InChI=1S/C29H24N2O4S/c1-33-19-11-9-18(10-12-19)27(32)28-26(30)25-21(17-7-5-4-6-8-17)16-23(31-29(25)36-28)22-15-20(34-2)13-14-24(22)35-3/h4-16H,30H2,1-3H3. The van der Waals surface area contributed by atoms with Gasteiger partial charge in [-0.2, -0.15) is 0 Å². The van der Waals surface area contributed by atoms with E-state index in [0.717, 1.165) is 22.1 Å². The van der Waals surface area contributed by atoms with Crippen LogP contribution < -0.4 is 19.9 Å². The van der Waals surface area contributed by atoms with Gasteiger partial charge in [0.25, 0.3) is 0 Å². The summed E-state index contributed by atoms with van der Waals surface area (Å²) in [4.78, 5) is 19.5. The number of ketones is 1. The molecule has 5 aromatic rings. The lowest BCUT2D eigenvalue weighted by atomic mass is 9.98. The van der Waals surface area contributed by atoms with Crippen LogP contribution in [0.15, 0.2) is 78.9 Å². The molecule has 0 aliphatic heterocycles. The van der Waals surface area contributed by atoms with Crippen LogP contribution in [-0.4, -0.2) is 32.1 Å². The molecule has 0 spiro atoms. The van der Waals surface area contributed by atoms with Crippen LogP contribution in [0, 0.1) is 0 Å². The number of thiophene rings is 1. The van der Waals surface area contributed by atoms with Crippen LogP contribution in [-0.2, 0) is 0 Å². The molecule has 0 amide bonds. The van der Waals surface area contributed by atoms with Crippen molar-refractivity contribution in [2.45, 2.75) is 0 Å². The highest BCUT2D eigenvalue weighted by atomic mass is 32.1. The molecule has 0 atom stereocenters. The van der Waals surface area contributed by atoms with E-state index in [1.165, 1.54) is 11.3 Å². The Balaban J connectivity index is 1.74. The number of nitrogens with zero attached hydrogens (tertiary/aromatic N) is 1. The number of methoxy groups -OCH3 is 3. The summed E-state index contributed by atoms with van der Waals surface area (Å²) in [6.45, 7) is 0. The second kappa shape index (κ2) is 9.71. The molecule has 0 aliphatic carbocycles. The third kappa shape index (κ3) is 4.14. The maximum Gasteiger partial charge on any atom is 0.205 e. The van der Waals surface area contributed by atoms with Gasteiger partial charge in [-0.1, -0.05) is 30.3 Å². The number of benzene rings is 3. The molecule has 0 saturated carbocycles. The first kappa shape index (κ1) is 23.4. The van der Waals surface area contributed by atoms with Gasteiger partial charge in [0.05, 0.1) is 32.7 Å². The molecule has 0 saturated heterocycles. The predicted octanol–water partition coefficient (Wildman–Crippen LogP) is 6.47. The summed E-state index contributed by atoms with van der Waals surface area (Å²) >= 11 is 1.29. The summed E-state index contributed by atoms with van der Waals surface area (Å²) in [6.07, 6.45) is 0. The molecule has 2 aromatic heterocycles. The zero-order valence-electron chi connectivity index (χ0n) is 20.1. The highest BCUT2D eigenvalue weighted by Crippen LogP contribution is 2.43. The van der Waals surface area contributed by atoms with Crippen LogP contribution in [0.3, 0.4) is 0 Å². The van der Waals surface area contributed by atoms with E-state index in [2.05, 4.69) is 0 Å². The van der Waals surface area contributed by atoms with Crippen molar-refractivity contribution in [1.82, 2.24) is 4.98 Å². The Bertz CT molecular complexity index is 1560. The first-order valence-electron chi connectivity index (χ1n) is 11.2. The Labute approximate surface area is 212 Å². The third-order valence-electron chi connectivity index (χ3n) is 6.02. The number of hydrogen-bond acceptors (Lipinski definition) is 7. The van der Waals surface area contributed by atoms with E-state index in [1.54, 1.807) is 45.6 Å². The van der Waals surface area contributed by atoms with Crippen molar-refractivity contribution in [1.29, 1.82) is 0 Å². The first-order valence-corrected chi connectivity index (χ1v) is 12.0. The van der Waals surface area contributed by atoms with E-state index in [9.17, 15) is 4.79 Å². The number of ether oxygens (including phenoxy) is 3. The number of carbonyl (C=O) groups is 1. The van der Waals surface area contributed by atoms with Crippen molar-refractivity contribution >= 4 is 33.0 Å². The average Bonchev–Trinajstić information content (AvgIpc) is 3.28. The molecular formula is C29H24N2O4S. The van der Waals surface area contributed by atoms with E-state index in [-0.39, 0.29) is 5.78 Å². The topological polar surface area (TPSA) is 83.7 Å². The third-order valence-corrected chi connectivity index (χ3v) is 7.12. The van der Waals surface area contributed by atoms with Crippen molar-refractivity contribution in [2.75, 3.05) is 27.1 Å². The molecule has 0 fully saturated rings. The zero-order valence-corrected chi connectivity index (χ0v) is 20.9. The van der Waals surface area contributed by atoms with Gasteiger partial charge in [-0.05, 0) is 59.7 Å². The van der Waals surface area contributed by atoms with Crippen molar-refractivity contribution in [2.24, 2.45) is 0 Å². The van der Waals surface area contributed by atoms with E-state index in [1.807, 2.05) is 54.6 Å². The Morgan fingerprint density at radius 2 is 1.50 bits per heavy atom. The Hall–Kier alpha value is -4.36. The zero-order chi connectivity index (χ0) is 25.2. The fourth-order valence-corrected chi connectivity index (χ4v) is 5.24. The SMILES string of the molecule is COc1ccc(C(=O)c2sc3nc(-c4cc(OC)ccc4OC)cc(-c4ccccc4)c3c2N)cc1. The van der Waals surface area contributed by atoms with E-state index in [0.29, 0.717) is 43.9 Å². The molecule has 5 rings (SSSR count). The van der Waals surface area contributed by atoms with Crippen molar-refractivity contribution < 1.29 is 19.0 Å². The van der Waals surface area contributed by atoms with Gasteiger partial charge in [0.2, 0.25) is 5.78 Å². The van der Waals surface area contributed by atoms with Crippen molar-refractivity contribution in [3.05, 3.63) is 89.3 Å². The van der Waals surface area contributed by atoms with Crippen LogP contribution in [0.5, 0.6) is 17.2 Å². The number of anilines is 1. The molecule has 7 heteroatoms. The molecule has 2 heterocycles. The molecule has 0 aliphatic rings. The van der Waals surface area contributed by atoms with Crippen LogP contribution in [0.2, 0.25) is 0 Å². The number of aromatic nitrogens is 1. The molecule has 180 valence electrons. The monoisotopic (exact) mass is 496 g/mol. The van der Waals surface area contributed by atoms with Crippen LogP contribution in [0.1, 0.15) is 15.2 Å². The molecule has 0 bridgehead atoms. The van der Waals surface area contributed by atoms with Crippen molar-refractivity contribution in [3.8, 4) is 39.6 Å². The summed E-state index contributed by atoms with van der Waals surface area (Å²) < 4.78 is 16.3. The lowest BCUT2D eigenvalue weighted by Gasteiger charge is -2.12. The minimum Gasteiger partial charge on any atom is -0.497 e. The van der Waals surface area contributed by atoms with Gasteiger partial charge in [0.1, 0.15) is 27.0 Å². The number of carbonyl (C=O) groups excluding carboxylic acids is 1. The van der Waals surface area contributed by atoms with Gasteiger partial charge in [-0.25, -0.2) is 4.98 Å². The molecule has 2 N–H and O–H groups in total. The minimum atomic E-state index is -0.155. The van der Waals surface area contributed by atoms with E-state index in [4.69, 9.17) is 24.9 Å². The summed E-state index contributed by atoms with van der Waals surface area (Å²) in [5, 5.41) is 0.758. The summed E-state index contributed by atoms with van der Waals surface area (Å²) in [7, 11) is 4.83. The molecule has 0 unspecified atom stereocenters. The predicted molar refractivity (Wildman–Crippen MR) is 144 cm³/mol. The Morgan fingerprint density at radius 3 is 2.17 bits per heavy atom. The fourth-order valence-electron chi connectivity index (χ4n) is 4.16. The van der Waals surface area contributed by atoms with Crippen LogP contribution in [0.25, 0.3) is 32.6 Å². The van der Waals surface area contributed by atoms with Gasteiger partial charge in [-0.15, -0.1) is 11.3 Å². The highest BCUT2D eigenvalue weighted by Gasteiger charge is 2.23. The number of rotatable bonds is 7. The molecule has 0 radical (unpaired) electrons. The second-order valence-corrected chi connectivity index (χ2v) is 9.07. The molecular weight excluding hydrogens is 472 g/mol. The van der Waals surface area contributed by atoms with Gasteiger partial charge in [0, 0.05) is 16.5 Å². The molecule has 3 aromatic carbocycles. The van der Waals surface area contributed by atoms with Crippen LogP contribution in [0.4, 0.5) is 5.69 Å². The summed E-state index contributed by atoms with van der Waals surface area (Å²) in [5.41, 5.74) is 10.9. The summed E-state index contributed by atoms with van der Waals surface area (Å²) in [6, 6.07) is 24.5. The lowest BCUT2D eigenvalue weighted by Crippen LogP contribution is -2.02. The number of nitrogens with two attached hydrogens (primary N) is 1. The molecule has 36 heavy (non-hydrogen) atoms. The molecule has 6 nitrogen and oxygen atoms in total. The largest absolute Gasteiger partial charge is 0.497 e. The lowest BCUT2D eigenvalue weighted by molar-refractivity contribution is 0.104. The van der Waals surface area contributed by atoms with Crippen molar-refractivity contribution in [3.63, 3.8) is 0 Å². The number of fused-ring (bicyclic) bond motifs is 1. The van der Waals surface area contributed by atoms with Gasteiger partial charge in [-0.3, -0.25) is 4.79 Å². The number of pyridine rings is 1. The normalized spacial score (nSPS) is 10.9. The minimum absolute atomic E-state index is 0.155. The fraction of sp³-hybridized carbons (Fsp3) is 0.103. The van der Waals surface area contributed by atoms with Gasteiger partial charge in [0.15, 0.2) is 0 Å². The number of nitrogen functional groups attached to an aromatic ring is 1. The Morgan fingerprint density at radius 1 is 0.806 bits per heavy atom. The smallest absolute Gasteiger partial charge is 0.205 e. The quantitative estimate of drug-likeness (QED) is 0.260. The first-order chi connectivity index (χ1) is 17.5. The average molecular weight is 497 g/mol. The maximum atomic E-state index is 13.4. The Kier molecular flexibility index (Phi) is 6.31. The maximum absolute atomic E-state index is 13.4. The number of hydrogen-bond donors (Lipinski definition) is 1. The second-order valence-electron chi connectivity index (χ2n) is 8.07. The van der Waals surface area contributed by atoms with E-state index < -0.39 is 0 Å². The van der Waals surface area contributed by atoms with E-state index >= 15 is 0 Å². The van der Waals surface area contributed by atoms with Crippen LogP contribution >= 0.6 is 11.3 Å².